The molecule has 0 saturated carbocycles. The number of benzene rings is 3. The summed E-state index contributed by atoms with van der Waals surface area (Å²) in [6.45, 7) is 0.349. The van der Waals surface area contributed by atoms with Gasteiger partial charge in [-0.3, -0.25) is 0 Å². The van der Waals surface area contributed by atoms with Gasteiger partial charge >= 0.3 is 5.97 Å². The van der Waals surface area contributed by atoms with Crippen LogP contribution >= 0.6 is 46.4 Å². The molecule has 1 aliphatic heterocycles. The first-order valence-electron chi connectivity index (χ1n) is 8.96. The highest BCUT2D eigenvalue weighted by atomic mass is 35.5. The lowest BCUT2D eigenvalue weighted by atomic mass is 9.93. The van der Waals surface area contributed by atoms with Crippen LogP contribution in [0.25, 0.3) is 11.1 Å². The summed E-state index contributed by atoms with van der Waals surface area (Å²) in [5, 5.41) is 1.67. The largest absolute Gasteiger partial charge is 0.486 e. The summed E-state index contributed by atoms with van der Waals surface area (Å²) in [5.41, 5.74) is 3.70. The molecule has 152 valence electrons. The smallest absolute Gasteiger partial charge is 0.339 e. The van der Waals surface area contributed by atoms with Crippen LogP contribution in [0.2, 0.25) is 20.1 Å². The second kappa shape index (κ2) is 8.91. The van der Waals surface area contributed by atoms with Gasteiger partial charge in [-0.2, -0.15) is 0 Å². The molecule has 0 aromatic heterocycles. The lowest BCUT2D eigenvalue weighted by Gasteiger charge is -2.14. The van der Waals surface area contributed by atoms with E-state index in [2.05, 4.69) is 0 Å². The number of hydrogen-bond acceptors (Lipinski definition) is 3. The van der Waals surface area contributed by atoms with Crippen molar-refractivity contribution in [2.24, 2.45) is 0 Å². The molecule has 0 aliphatic carbocycles. The van der Waals surface area contributed by atoms with Crippen molar-refractivity contribution in [2.45, 2.75) is 6.61 Å². The SMILES string of the molecule is O=C1OCC(c2ccc(Cl)cc2)=C1c1ccccc1COc1c(Cl)cc(Cl)cc1Cl. The fourth-order valence-corrected chi connectivity index (χ4v) is 4.32. The molecule has 3 aromatic rings. The van der Waals surface area contributed by atoms with Crippen molar-refractivity contribution in [3.05, 3.63) is 97.4 Å². The Kier molecular flexibility index (Phi) is 6.26. The summed E-state index contributed by atoms with van der Waals surface area (Å²) < 4.78 is 11.2. The standard InChI is InChI=1S/C23H14Cl4O3/c24-15-7-5-13(6-8-15)18-12-30-23(28)21(18)17-4-2-1-3-14(17)11-29-22-19(26)9-16(25)10-20(22)27/h1-10H,11-12H2. The maximum atomic E-state index is 12.6. The predicted octanol–water partition coefficient (Wildman–Crippen LogP) is 7.35. The van der Waals surface area contributed by atoms with Crippen molar-refractivity contribution in [1.82, 2.24) is 0 Å². The van der Waals surface area contributed by atoms with Crippen LogP contribution in [0.5, 0.6) is 5.75 Å². The van der Waals surface area contributed by atoms with Crippen molar-refractivity contribution < 1.29 is 14.3 Å². The van der Waals surface area contributed by atoms with E-state index in [1.165, 1.54) is 0 Å². The number of halogens is 4. The topological polar surface area (TPSA) is 35.5 Å². The van der Waals surface area contributed by atoms with Gasteiger partial charge in [-0.25, -0.2) is 4.79 Å². The number of esters is 1. The maximum absolute atomic E-state index is 12.6. The van der Waals surface area contributed by atoms with Crippen molar-refractivity contribution in [3.63, 3.8) is 0 Å². The molecular weight excluding hydrogens is 466 g/mol. The fraction of sp³-hybridized carbons (Fsp3) is 0.0870. The molecule has 30 heavy (non-hydrogen) atoms. The number of rotatable bonds is 5. The molecule has 0 saturated heterocycles. The molecular formula is C23H14Cl4O3. The fourth-order valence-electron chi connectivity index (χ4n) is 3.26. The molecule has 1 heterocycles. The van der Waals surface area contributed by atoms with Crippen LogP contribution in [-0.2, 0) is 16.1 Å². The number of cyclic esters (lactones) is 1. The first kappa shape index (κ1) is 21.1. The summed E-state index contributed by atoms with van der Waals surface area (Å²) >= 11 is 24.4. The van der Waals surface area contributed by atoms with Crippen LogP contribution in [-0.4, -0.2) is 12.6 Å². The number of carbonyl (C=O) groups excluding carboxylic acids is 1. The Morgan fingerprint density at radius 2 is 1.53 bits per heavy atom. The van der Waals surface area contributed by atoms with Crippen molar-refractivity contribution in [2.75, 3.05) is 6.61 Å². The highest BCUT2D eigenvalue weighted by Crippen LogP contribution is 2.38. The van der Waals surface area contributed by atoms with Gasteiger partial charge in [-0.15, -0.1) is 0 Å². The monoisotopic (exact) mass is 478 g/mol. The molecule has 3 nitrogen and oxygen atoms in total. The van der Waals surface area contributed by atoms with E-state index in [0.717, 1.165) is 22.3 Å². The molecule has 0 spiro atoms. The van der Waals surface area contributed by atoms with E-state index >= 15 is 0 Å². The van der Waals surface area contributed by atoms with Crippen LogP contribution in [0.15, 0.2) is 60.7 Å². The Labute approximate surface area is 193 Å². The average Bonchev–Trinajstić information content (AvgIpc) is 3.09. The Hall–Kier alpha value is -2.17. The van der Waals surface area contributed by atoms with Gasteiger partial charge in [0.25, 0.3) is 0 Å². The van der Waals surface area contributed by atoms with Gasteiger partial charge < -0.3 is 9.47 Å². The van der Waals surface area contributed by atoms with Crippen LogP contribution in [0.3, 0.4) is 0 Å². The quantitative estimate of drug-likeness (QED) is 0.359. The first-order chi connectivity index (χ1) is 14.4. The van der Waals surface area contributed by atoms with Crippen LogP contribution in [0, 0.1) is 0 Å². The van der Waals surface area contributed by atoms with Gasteiger partial charge in [0.05, 0.1) is 15.6 Å². The van der Waals surface area contributed by atoms with E-state index in [9.17, 15) is 4.79 Å². The molecule has 3 aromatic carbocycles. The Bertz CT molecular complexity index is 1130. The van der Waals surface area contributed by atoms with Crippen LogP contribution in [0.1, 0.15) is 16.7 Å². The first-order valence-corrected chi connectivity index (χ1v) is 10.5. The van der Waals surface area contributed by atoms with E-state index in [1.54, 1.807) is 24.3 Å². The average molecular weight is 480 g/mol. The summed E-state index contributed by atoms with van der Waals surface area (Å²) in [4.78, 5) is 12.6. The minimum Gasteiger partial charge on any atom is -0.486 e. The Morgan fingerprint density at radius 1 is 0.867 bits per heavy atom. The lowest BCUT2D eigenvalue weighted by molar-refractivity contribution is -0.133. The maximum Gasteiger partial charge on any atom is 0.339 e. The Balaban J connectivity index is 1.71. The van der Waals surface area contributed by atoms with Gasteiger partial charge in [0.15, 0.2) is 5.75 Å². The molecule has 0 bridgehead atoms. The van der Waals surface area contributed by atoms with Crippen LogP contribution in [0.4, 0.5) is 0 Å². The van der Waals surface area contributed by atoms with Crippen molar-refractivity contribution in [1.29, 1.82) is 0 Å². The van der Waals surface area contributed by atoms with E-state index in [4.69, 9.17) is 55.9 Å². The van der Waals surface area contributed by atoms with Gasteiger partial charge in [-0.05, 0) is 41.0 Å². The molecule has 0 atom stereocenters. The molecule has 4 rings (SSSR count). The molecule has 7 heteroatoms. The highest BCUT2D eigenvalue weighted by molar-refractivity contribution is 6.40. The predicted molar refractivity (Wildman–Crippen MR) is 121 cm³/mol. The number of hydrogen-bond donors (Lipinski definition) is 0. The van der Waals surface area contributed by atoms with E-state index < -0.39 is 0 Å². The highest BCUT2D eigenvalue weighted by Gasteiger charge is 2.29. The van der Waals surface area contributed by atoms with Crippen molar-refractivity contribution >= 4 is 63.5 Å². The zero-order valence-corrected chi connectivity index (χ0v) is 18.4. The second-order valence-electron chi connectivity index (χ2n) is 6.58. The van der Waals surface area contributed by atoms with E-state index in [0.29, 0.717) is 31.4 Å². The van der Waals surface area contributed by atoms with E-state index in [1.807, 2.05) is 36.4 Å². The zero-order chi connectivity index (χ0) is 21.3. The number of carbonyl (C=O) groups is 1. The Morgan fingerprint density at radius 3 is 2.23 bits per heavy atom. The summed E-state index contributed by atoms with van der Waals surface area (Å²) in [7, 11) is 0. The zero-order valence-electron chi connectivity index (χ0n) is 15.4. The van der Waals surface area contributed by atoms with Crippen molar-refractivity contribution in [3.8, 4) is 5.75 Å². The molecule has 0 amide bonds. The lowest BCUT2D eigenvalue weighted by Crippen LogP contribution is -2.05. The third-order valence-corrected chi connectivity index (χ3v) is 5.70. The normalized spacial score (nSPS) is 13.5. The van der Waals surface area contributed by atoms with Gasteiger partial charge in [0.1, 0.15) is 13.2 Å². The summed E-state index contributed by atoms with van der Waals surface area (Å²) in [6.07, 6.45) is 0. The molecule has 0 radical (unpaired) electrons. The number of ether oxygens (including phenoxy) is 2. The summed E-state index contributed by atoms with van der Waals surface area (Å²) in [5.74, 6) is -0.0478. The molecule has 1 aliphatic rings. The molecule has 0 N–H and O–H groups in total. The van der Waals surface area contributed by atoms with Crippen LogP contribution < -0.4 is 4.74 Å². The second-order valence-corrected chi connectivity index (χ2v) is 8.27. The molecule has 0 fully saturated rings. The summed E-state index contributed by atoms with van der Waals surface area (Å²) in [6, 6.07) is 17.9. The minimum atomic E-state index is -0.380. The third-order valence-electron chi connectivity index (χ3n) is 4.67. The molecule has 0 unspecified atom stereocenters. The minimum absolute atomic E-state index is 0.155. The van der Waals surface area contributed by atoms with Gasteiger partial charge in [0, 0.05) is 15.6 Å². The van der Waals surface area contributed by atoms with Gasteiger partial charge in [-0.1, -0.05) is 82.8 Å². The third kappa shape index (κ3) is 4.30. The van der Waals surface area contributed by atoms with Gasteiger partial charge in [0.2, 0.25) is 0 Å². The van der Waals surface area contributed by atoms with E-state index in [-0.39, 0.29) is 19.2 Å².